The number of amides is 1. The highest BCUT2D eigenvalue weighted by Gasteiger charge is 1.97. The van der Waals surface area contributed by atoms with Crippen LogP contribution in [0.25, 0.3) is 0 Å². The highest BCUT2D eigenvalue weighted by atomic mass is 16.2. The summed E-state index contributed by atoms with van der Waals surface area (Å²) in [5, 5.41) is 2.31. The molecule has 0 bridgehead atoms. The lowest BCUT2D eigenvalue weighted by molar-refractivity contribution is -0.127. The summed E-state index contributed by atoms with van der Waals surface area (Å²) >= 11 is 0. The van der Waals surface area contributed by atoms with Crippen LogP contribution in [0.4, 0.5) is 5.82 Å². The van der Waals surface area contributed by atoms with Crippen molar-refractivity contribution < 1.29 is 9.59 Å². The second-order valence-corrected chi connectivity index (χ2v) is 1.69. The number of aromatic nitrogens is 1. The van der Waals surface area contributed by atoms with Gasteiger partial charge in [0.25, 0.3) is 5.91 Å². The Labute approximate surface area is 57.2 Å². The Kier molecular flexibility index (Phi) is 1.84. The number of rotatable bonds is 2. The number of nitrogens with one attached hydrogen (secondary N) is 2. The summed E-state index contributed by atoms with van der Waals surface area (Å²) in [6.45, 7) is 0. The molecule has 10 heavy (non-hydrogen) atoms. The molecule has 0 saturated heterocycles. The van der Waals surface area contributed by atoms with Crippen LogP contribution in [0.5, 0.6) is 0 Å². The van der Waals surface area contributed by atoms with E-state index in [9.17, 15) is 9.59 Å². The van der Waals surface area contributed by atoms with E-state index in [1.807, 2.05) is 0 Å². The topological polar surface area (TPSA) is 62.0 Å². The summed E-state index contributed by atoms with van der Waals surface area (Å²) in [6.07, 6.45) is 1.88. The van der Waals surface area contributed by atoms with Crippen LogP contribution < -0.4 is 5.32 Å². The highest BCUT2D eigenvalue weighted by molar-refractivity contribution is 6.29. The van der Waals surface area contributed by atoms with Gasteiger partial charge in [-0.2, -0.15) is 0 Å². The van der Waals surface area contributed by atoms with E-state index in [1.54, 1.807) is 18.3 Å². The zero-order valence-electron chi connectivity index (χ0n) is 5.13. The van der Waals surface area contributed by atoms with Crippen LogP contribution in [-0.2, 0) is 9.59 Å². The molecule has 0 atom stereocenters. The number of aromatic amines is 1. The van der Waals surface area contributed by atoms with E-state index >= 15 is 0 Å². The summed E-state index contributed by atoms with van der Waals surface area (Å²) in [5.41, 5.74) is 0. The van der Waals surface area contributed by atoms with Crippen LogP contribution in [0.3, 0.4) is 0 Å². The minimum Gasteiger partial charge on any atom is -0.348 e. The Morgan fingerprint density at radius 2 is 2.50 bits per heavy atom. The first kappa shape index (κ1) is 6.54. The van der Waals surface area contributed by atoms with Crippen molar-refractivity contribution in [3.63, 3.8) is 0 Å². The lowest BCUT2D eigenvalue weighted by Crippen LogP contribution is -2.12. The van der Waals surface area contributed by atoms with Crippen molar-refractivity contribution in [1.29, 1.82) is 0 Å². The Balaban J connectivity index is 2.56. The maximum Gasteiger partial charge on any atom is 0.289 e. The number of aldehydes is 1. The fourth-order valence-corrected chi connectivity index (χ4v) is 0.570. The Hall–Kier alpha value is -1.58. The van der Waals surface area contributed by atoms with Gasteiger partial charge >= 0.3 is 0 Å². The largest absolute Gasteiger partial charge is 0.348 e. The minimum absolute atomic E-state index is 0.223. The van der Waals surface area contributed by atoms with Crippen LogP contribution >= 0.6 is 0 Å². The molecule has 2 N–H and O–H groups in total. The van der Waals surface area contributed by atoms with Crippen molar-refractivity contribution in [3.8, 4) is 0 Å². The third-order valence-corrected chi connectivity index (χ3v) is 0.963. The third kappa shape index (κ3) is 1.45. The van der Waals surface area contributed by atoms with E-state index in [0.29, 0.717) is 5.82 Å². The second-order valence-electron chi connectivity index (χ2n) is 1.69. The SMILES string of the molecule is O=CC(=O)Nc1ccc[nH]1. The Morgan fingerprint density at radius 3 is 3.00 bits per heavy atom. The molecule has 1 heterocycles. The molecule has 0 fully saturated rings. The molecule has 0 unspecified atom stereocenters. The van der Waals surface area contributed by atoms with Crippen molar-refractivity contribution >= 4 is 18.0 Å². The monoisotopic (exact) mass is 138 g/mol. The smallest absolute Gasteiger partial charge is 0.289 e. The number of anilines is 1. The lowest BCUT2D eigenvalue weighted by Gasteiger charge is -1.92. The molecule has 52 valence electrons. The fourth-order valence-electron chi connectivity index (χ4n) is 0.570. The maximum atomic E-state index is 10.4. The number of carbonyl (C=O) groups is 2. The minimum atomic E-state index is -0.651. The molecule has 0 spiro atoms. The third-order valence-electron chi connectivity index (χ3n) is 0.963. The molecule has 1 rings (SSSR count). The quantitative estimate of drug-likeness (QED) is 0.451. The fraction of sp³-hybridized carbons (Fsp3) is 0. The maximum absolute atomic E-state index is 10.4. The van der Waals surface area contributed by atoms with Gasteiger partial charge in [-0.25, -0.2) is 0 Å². The van der Waals surface area contributed by atoms with Crippen LogP contribution in [-0.4, -0.2) is 17.2 Å². The molecule has 0 radical (unpaired) electrons. The Bertz CT molecular complexity index is 228. The Morgan fingerprint density at radius 1 is 1.70 bits per heavy atom. The standard InChI is InChI=1S/C6H6N2O2/c9-4-6(10)8-5-2-1-3-7-5/h1-4,7H,(H,8,10). The molecule has 1 aromatic heterocycles. The van der Waals surface area contributed by atoms with E-state index in [-0.39, 0.29) is 6.29 Å². The first-order valence-corrected chi connectivity index (χ1v) is 2.72. The molecule has 0 aliphatic rings. The summed E-state index contributed by atoms with van der Waals surface area (Å²) in [5.74, 6) is -0.125. The van der Waals surface area contributed by atoms with Gasteiger partial charge in [-0.1, -0.05) is 0 Å². The first-order chi connectivity index (χ1) is 4.83. The summed E-state index contributed by atoms with van der Waals surface area (Å²) in [6, 6.07) is 3.38. The molecule has 4 heteroatoms. The van der Waals surface area contributed by atoms with Gasteiger partial charge in [-0.3, -0.25) is 9.59 Å². The molecule has 1 aromatic rings. The van der Waals surface area contributed by atoms with Crippen molar-refractivity contribution in [2.24, 2.45) is 0 Å². The molecule has 4 nitrogen and oxygen atoms in total. The van der Waals surface area contributed by atoms with E-state index in [1.165, 1.54) is 0 Å². The first-order valence-electron chi connectivity index (χ1n) is 2.72. The number of hydrogen-bond acceptors (Lipinski definition) is 2. The van der Waals surface area contributed by atoms with Crippen LogP contribution in [0.2, 0.25) is 0 Å². The van der Waals surface area contributed by atoms with Gasteiger partial charge in [0.05, 0.1) is 0 Å². The van der Waals surface area contributed by atoms with Crippen LogP contribution in [0.15, 0.2) is 18.3 Å². The number of carbonyl (C=O) groups excluding carboxylic acids is 2. The van der Waals surface area contributed by atoms with E-state index < -0.39 is 5.91 Å². The van der Waals surface area contributed by atoms with E-state index in [2.05, 4.69) is 10.3 Å². The summed E-state index contributed by atoms with van der Waals surface area (Å²) < 4.78 is 0. The average Bonchev–Trinajstić information content (AvgIpc) is 2.40. The number of H-pyrrole nitrogens is 1. The van der Waals surface area contributed by atoms with Crippen LogP contribution in [0, 0.1) is 0 Å². The van der Waals surface area contributed by atoms with E-state index in [4.69, 9.17) is 0 Å². The molecule has 1 amide bonds. The van der Waals surface area contributed by atoms with Crippen molar-refractivity contribution in [3.05, 3.63) is 18.3 Å². The highest BCUT2D eigenvalue weighted by Crippen LogP contribution is 1.98. The predicted octanol–water partition coefficient (Wildman–Crippen LogP) is 0.152. The molecular weight excluding hydrogens is 132 g/mol. The van der Waals surface area contributed by atoms with Gasteiger partial charge in [0, 0.05) is 6.20 Å². The van der Waals surface area contributed by atoms with Crippen molar-refractivity contribution in [2.75, 3.05) is 5.32 Å². The molecule has 0 aliphatic heterocycles. The van der Waals surface area contributed by atoms with Gasteiger partial charge in [-0.15, -0.1) is 0 Å². The second kappa shape index (κ2) is 2.82. The predicted molar refractivity (Wildman–Crippen MR) is 35.5 cm³/mol. The number of hydrogen-bond donors (Lipinski definition) is 2. The van der Waals surface area contributed by atoms with Gasteiger partial charge in [-0.05, 0) is 12.1 Å². The van der Waals surface area contributed by atoms with Crippen molar-refractivity contribution in [1.82, 2.24) is 4.98 Å². The van der Waals surface area contributed by atoms with Gasteiger partial charge in [0.2, 0.25) is 6.29 Å². The van der Waals surface area contributed by atoms with E-state index in [0.717, 1.165) is 0 Å². The molecule has 0 saturated carbocycles. The summed E-state index contributed by atoms with van der Waals surface area (Å²) in [7, 11) is 0. The lowest BCUT2D eigenvalue weighted by atomic mass is 10.6. The summed E-state index contributed by atoms with van der Waals surface area (Å²) in [4.78, 5) is 22.9. The molecule has 0 aliphatic carbocycles. The van der Waals surface area contributed by atoms with Gasteiger partial charge in [0.15, 0.2) is 0 Å². The van der Waals surface area contributed by atoms with Gasteiger partial charge < -0.3 is 10.3 Å². The van der Waals surface area contributed by atoms with Crippen LogP contribution in [0.1, 0.15) is 0 Å². The average molecular weight is 138 g/mol. The molecular formula is C6H6N2O2. The van der Waals surface area contributed by atoms with Crippen molar-refractivity contribution in [2.45, 2.75) is 0 Å². The zero-order chi connectivity index (χ0) is 7.40. The molecule has 0 aromatic carbocycles. The van der Waals surface area contributed by atoms with Gasteiger partial charge in [0.1, 0.15) is 5.82 Å². The normalized spacial score (nSPS) is 8.80. The zero-order valence-corrected chi connectivity index (χ0v) is 5.13.